The zero-order valence-corrected chi connectivity index (χ0v) is 14.2. The fourth-order valence-electron chi connectivity index (χ4n) is 3.12. The average Bonchev–Trinajstić information content (AvgIpc) is 2.82. The van der Waals surface area contributed by atoms with Gasteiger partial charge < -0.3 is 5.32 Å². The molecule has 2 aromatic carbocycles. The maximum Gasteiger partial charge on any atom is 0.416 e. The molecular weight excluding hydrogens is 345 g/mol. The van der Waals surface area contributed by atoms with E-state index in [2.05, 4.69) is 5.32 Å². The topological polar surface area (TPSA) is 49.4 Å². The van der Waals surface area contributed by atoms with E-state index in [-0.39, 0.29) is 18.0 Å². The van der Waals surface area contributed by atoms with Crippen LogP contribution in [0.3, 0.4) is 0 Å². The molecule has 0 bridgehead atoms. The average molecular weight is 362 g/mol. The third kappa shape index (κ3) is 3.29. The minimum absolute atomic E-state index is 0.108. The Bertz CT molecular complexity index is 857. The smallest absolute Gasteiger partial charge is 0.373 e. The van der Waals surface area contributed by atoms with Crippen LogP contribution in [-0.2, 0) is 15.8 Å². The Labute approximate surface area is 148 Å². The van der Waals surface area contributed by atoms with Crippen molar-refractivity contribution in [2.45, 2.75) is 32.5 Å². The highest BCUT2D eigenvalue weighted by molar-refractivity contribution is 6.23. The molecule has 0 unspecified atom stereocenters. The van der Waals surface area contributed by atoms with Crippen LogP contribution in [0.5, 0.6) is 0 Å². The highest BCUT2D eigenvalue weighted by atomic mass is 19.4. The zero-order valence-electron chi connectivity index (χ0n) is 14.2. The molecule has 7 heteroatoms. The van der Waals surface area contributed by atoms with Crippen LogP contribution in [-0.4, -0.2) is 17.9 Å². The number of alkyl halides is 3. The number of aryl methyl sites for hydroxylation is 2. The second kappa shape index (κ2) is 6.48. The number of carbonyl (C=O) groups excluding carboxylic acids is 2. The summed E-state index contributed by atoms with van der Waals surface area (Å²) in [6.45, 7) is 3.60. The van der Waals surface area contributed by atoms with Gasteiger partial charge in [0.25, 0.3) is 5.91 Å². The van der Waals surface area contributed by atoms with Crippen molar-refractivity contribution < 1.29 is 22.8 Å². The Balaban J connectivity index is 1.86. The number of amides is 2. The summed E-state index contributed by atoms with van der Waals surface area (Å²) in [5.41, 5.74) is 1.44. The molecule has 1 heterocycles. The molecule has 1 saturated heterocycles. The molecular formula is C19H17F3N2O2. The van der Waals surface area contributed by atoms with Gasteiger partial charge in [-0.2, -0.15) is 13.2 Å². The molecule has 1 aliphatic heterocycles. The molecule has 1 fully saturated rings. The zero-order chi connectivity index (χ0) is 19.1. The van der Waals surface area contributed by atoms with E-state index in [4.69, 9.17) is 0 Å². The van der Waals surface area contributed by atoms with E-state index in [0.29, 0.717) is 5.69 Å². The molecule has 0 spiro atoms. The normalized spacial score (nSPS) is 17.7. The van der Waals surface area contributed by atoms with Gasteiger partial charge in [0.15, 0.2) is 0 Å². The Kier molecular flexibility index (Phi) is 4.48. The van der Waals surface area contributed by atoms with Crippen molar-refractivity contribution in [3.63, 3.8) is 0 Å². The monoisotopic (exact) mass is 362 g/mol. The van der Waals surface area contributed by atoms with Crippen molar-refractivity contribution in [1.29, 1.82) is 0 Å². The molecule has 3 rings (SSSR count). The highest BCUT2D eigenvalue weighted by Crippen LogP contribution is 2.33. The molecule has 0 aliphatic carbocycles. The molecule has 0 saturated carbocycles. The van der Waals surface area contributed by atoms with Crippen molar-refractivity contribution in [1.82, 2.24) is 0 Å². The lowest BCUT2D eigenvalue weighted by molar-refractivity contribution is -0.137. The first-order valence-corrected chi connectivity index (χ1v) is 8.05. The van der Waals surface area contributed by atoms with Crippen molar-refractivity contribution in [2.75, 3.05) is 10.2 Å². The molecule has 26 heavy (non-hydrogen) atoms. The number of nitrogens with one attached hydrogen (secondary N) is 1. The van der Waals surface area contributed by atoms with Crippen LogP contribution in [0.4, 0.5) is 24.5 Å². The van der Waals surface area contributed by atoms with E-state index in [1.165, 1.54) is 12.1 Å². The molecule has 2 aromatic rings. The van der Waals surface area contributed by atoms with Gasteiger partial charge in [0.1, 0.15) is 6.04 Å². The summed E-state index contributed by atoms with van der Waals surface area (Å²) in [5, 5.41) is 2.76. The lowest BCUT2D eigenvalue weighted by Gasteiger charge is -2.20. The van der Waals surface area contributed by atoms with Crippen molar-refractivity contribution in [3.05, 3.63) is 59.2 Å². The van der Waals surface area contributed by atoms with Crippen molar-refractivity contribution in [3.8, 4) is 0 Å². The number of para-hydroxylation sites is 1. The van der Waals surface area contributed by atoms with Crippen LogP contribution >= 0.6 is 0 Å². The second-order valence-electron chi connectivity index (χ2n) is 6.29. The number of hydrogen-bond donors (Lipinski definition) is 1. The van der Waals surface area contributed by atoms with E-state index >= 15 is 0 Å². The Hall–Kier alpha value is -2.83. The van der Waals surface area contributed by atoms with E-state index in [9.17, 15) is 22.8 Å². The summed E-state index contributed by atoms with van der Waals surface area (Å²) < 4.78 is 38.5. The van der Waals surface area contributed by atoms with Gasteiger partial charge in [-0.25, -0.2) is 4.90 Å². The number of hydrogen-bond acceptors (Lipinski definition) is 3. The molecule has 0 radical (unpaired) electrons. The summed E-state index contributed by atoms with van der Waals surface area (Å²) in [6.07, 6.45) is -4.58. The number of imide groups is 1. The summed E-state index contributed by atoms with van der Waals surface area (Å²) in [4.78, 5) is 26.2. The van der Waals surface area contributed by atoms with Gasteiger partial charge in [-0.05, 0) is 43.2 Å². The number of benzene rings is 2. The van der Waals surface area contributed by atoms with Crippen LogP contribution < -0.4 is 10.2 Å². The van der Waals surface area contributed by atoms with Gasteiger partial charge in [-0.15, -0.1) is 0 Å². The Morgan fingerprint density at radius 1 is 1.04 bits per heavy atom. The van der Waals surface area contributed by atoms with E-state index in [1.807, 2.05) is 6.07 Å². The van der Waals surface area contributed by atoms with Crippen molar-refractivity contribution >= 4 is 23.2 Å². The predicted molar refractivity (Wildman–Crippen MR) is 91.9 cm³/mol. The van der Waals surface area contributed by atoms with Gasteiger partial charge in [0.05, 0.1) is 17.7 Å². The van der Waals surface area contributed by atoms with E-state index in [0.717, 1.165) is 28.2 Å². The molecule has 1 N–H and O–H groups in total. The molecule has 1 atom stereocenters. The van der Waals surface area contributed by atoms with Gasteiger partial charge in [-0.3, -0.25) is 9.59 Å². The van der Waals surface area contributed by atoms with Gasteiger partial charge in [0, 0.05) is 5.69 Å². The molecule has 4 nitrogen and oxygen atoms in total. The molecule has 0 aromatic heterocycles. The fourth-order valence-corrected chi connectivity index (χ4v) is 3.12. The summed E-state index contributed by atoms with van der Waals surface area (Å²) >= 11 is 0. The molecule has 2 amide bonds. The van der Waals surface area contributed by atoms with Crippen LogP contribution in [0.2, 0.25) is 0 Å². The van der Waals surface area contributed by atoms with Crippen molar-refractivity contribution in [2.24, 2.45) is 0 Å². The minimum Gasteiger partial charge on any atom is -0.373 e. The lowest BCUT2D eigenvalue weighted by Crippen LogP contribution is -2.35. The largest absolute Gasteiger partial charge is 0.416 e. The summed E-state index contributed by atoms with van der Waals surface area (Å²) in [6, 6.07) is 9.12. The predicted octanol–water partition coefficient (Wildman–Crippen LogP) is 4.07. The number of rotatable bonds is 3. The number of carbonyl (C=O) groups is 2. The number of nitrogens with zero attached hydrogens (tertiary/aromatic N) is 1. The summed E-state index contributed by atoms with van der Waals surface area (Å²) in [7, 11) is 0. The first-order chi connectivity index (χ1) is 12.2. The quantitative estimate of drug-likeness (QED) is 0.838. The van der Waals surface area contributed by atoms with E-state index < -0.39 is 23.7 Å². The standard InChI is InChI=1S/C19H17F3N2O2/c1-11-5-3-6-12(2)17(11)24-16(25)10-15(18(24)26)23-14-8-4-7-13(9-14)19(20,21)22/h3-9,15,23H,10H2,1-2H3/t15-/m1/s1. The number of halogens is 3. The third-order valence-corrected chi connectivity index (χ3v) is 4.34. The Morgan fingerprint density at radius 3 is 2.27 bits per heavy atom. The van der Waals surface area contributed by atoms with Crippen LogP contribution in [0.25, 0.3) is 0 Å². The SMILES string of the molecule is Cc1cccc(C)c1N1C(=O)C[C@@H](Nc2cccc(C(F)(F)F)c2)C1=O. The third-order valence-electron chi connectivity index (χ3n) is 4.34. The van der Waals surface area contributed by atoms with E-state index in [1.54, 1.807) is 26.0 Å². The first kappa shape index (κ1) is 18.0. The first-order valence-electron chi connectivity index (χ1n) is 8.05. The van der Waals surface area contributed by atoms with Crippen LogP contribution in [0, 0.1) is 13.8 Å². The maximum atomic E-state index is 12.8. The highest BCUT2D eigenvalue weighted by Gasteiger charge is 2.41. The molecule has 136 valence electrons. The molecule has 1 aliphatic rings. The van der Waals surface area contributed by atoms with Gasteiger partial charge >= 0.3 is 6.18 Å². The minimum atomic E-state index is -4.47. The lowest BCUT2D eigenvalue weighted by atomic mass is 10.1. The second-order valence-corrected chi connectivity index (χ2v) is 6.29. The maximum absolute atomic E-state index is 12.8. The summed E-state index contributed by atoms with van der Waals surface area (Å²) in [5.74, 6) is -0.846. The van der Waals surface area contributed by atoms with Crippen LogP contribution in [0.1, 0.15) is 23.1 Å². The Morgan fingerprint density at radius 2 is 1.65 bits per heavy atom. The fraction of sp³-hybridized carbons (Fsp3) is 0.263. The van der Waals surface area contributed by atoms with Gasteiger partial charge in [-0.1, -0.05) is 24.3 Å². The van der Waals surface area contributed by atoms with Crippen LogP contribution in [0.15, 0.2) is 42.5 Å². The number of anilines is 2. The van der Waals surface area contributed by atoms with Gasteiger partial charge in [0.2, 0.25) is 5.91 Å².